The molecular formula is C27H32N4O. The van der Waals surface area contributed by atoms with Gasteiger partial charge in [-0.15, -0.1) is 0 Å². The van der Waals surface area contributed by atoms with Gasteiger partial charge in [0.15, 0.2) is 5.82 Å². The van der Waals surface area contributed by atoms with Crippen molar-refractivity contribution in [3.63, 3.8) is 0 Å². The molecule has 0 amide bonds. The van der Waals surface area contributed by atoms with Crippen molar-refractivity contribution in [1.82, 2.24) is 19.1 Å². The number of rotatable bonds is 7. The Morgan fingerprint density at radius 3 is 2.00 bits per heavy atom. The summed E-state index contributed by atoms with van der Waals surface area (Å²) in [6.45, 7) is 13.2. The maximum Gasteiger partial charge on any atom is 0.238 e. The Balaban J connectivity index is 1.93. The zero-order valence-corrected chi connectivity index (χ0v) is 19.8. The average Bonchev–Trinajstić information content (AvgIpc) is 3.41. The van der Waals surface area contributed by atoms with Crippen LogP contribution < -0.4 is 4.74 Å². The van der Waals surface area contributed by atoms with Crippen LogP contribution in [0.1, 0.15) is 70.5 Å². The first-order valence-electron chi connectivity index (χ1n) is 11.3. The maximum atomic E-state index is 6.13. The normalized spacial score (nSPS) is 11.7. The molecule has 0 radical (unpaired) electrons. The summed E-state index contributed by atoms with van der Waals surface area (Å²) in [7, 11) is 0. The Morgan fingerprint density at radius 2 is 1.44 bits per heavy atom. The van der Waals surface area contributed by atoms with Crippen molar-refractivity contribution in [2.24, 2.45) is 0 Å². The highest BCUT2D eigenvalue weighted by molar-refractivity contribution is 5.60. The molecule has 0 aliphatic heterocycles. The van der Waals surface area contributed by atoms with E-state index in [2.05, 4.69) is 80.1 Å². The molecule has 0 spiro atoms. The maximum absolute atomic E-state index is 6.13. The van der Waals surface area contributed by atoms with Crippen LogP contribution in [0.2, 0.25) is 0 Å². The minimum absolute atomic E-state index is 0.328. The van der Waals surface area contributed by atoms with Gasteiger partial charge in [-0.1, -0.05) is 64.1 Å². The smallest absolute Gasteiger partial charge is 0.238 e. The van der Waals surface area contributed by atoms with E-state index in [0.29, 0.717) is 23.8 Å². The molecule has 5 nitrogen and oxygen atoms in total. The van der Waals surface area contributed by atoms with Crippen LogP contribution >= 0.6 is 0 Å². The Kier molecular flexibility index (Phi) is 6.17. The lowest BCUT2D eigenvalue weighted by Crippen LogP contribution is -2.08. The van der Waals surface area contributed by atoms with E-state index in [0.717, 1.165) is 17.3 Å². The lowest BCUT2D eigenvalue weighted by atomic mass is 9.92. The largest absolute Gasteiger partial charge is 0.437 e. The number of hydrogen-bond acceptors (Lipinski definition) is 3. The summed E-state index contributed by atoms with van der Waals surface area (Å²) < 4.78 is 10.4. The van der Waals surface area contributed by atoms with Gasteiger partial charge in [-0.05, 0) is 48.9 Å². The van der Waals surface area contributed by atoms with Gasteiger partial charge in [0.05, 0.1) is 18.2 Å². The third-order valence-corrected chi connectivity index (χ3v) is 5.66. The van der Waals surface area contributed by atoms with Gasteiger partial charge in [0.2, 0.25) is 5.88 Å². The Bertz CT molecular complexity index is 1160. The third-order valence-electron chi connectivity index (χ3n) is 5.66. The molecule has 0 aliphatic carbocycles. The van der Waals surface area contributed by atoms with Crippen LogP contribution in [-0.4, -0.2) is 19.1 Å². The Morgan fingerprint density at radius 1 is 0.781 bits per heavy atom. The van der Waals surface area contributed by atoms with Crippen LogP contribution in [0.5, 0.6) is 11.6 Å². The molecule has 4 rings (SSSR count). The molecule has 0 aliphatic rings. The van der Waals surface area contributed by atoms with Crippen LogP contribution in [0.3, 0.4) is 0 Å². The summed E-state index contributed by atoms with van der Waals surface area (Å²) in [5.74, 6) is 2.83. The molecule has 4 aromatic rings. The first-order chi connectivity index (χ1) is 15.3. The second-order valence-corrected chi connectivity index (χ2v) is 9.08. The number of aromatic nitrogens is 4. The van der Waals surface area contributed by atoms with Crippen LogP contribution in [0.4, 0.5) is 0 Å². The predicted octanol–water partition coefficient (Wildman–Crippen LogP) is 7.36. The van der Waals surface area contributed by atoms with E-state index < -0.39 is 0 Å². The Labute approximate surface area is 190 Å². The van der Waals surface area contributed by atoms with Gasteiger partial charge >= 0.3 is 0 Å². The van der Waals surface area contributed by atoms with E-state index in [1.807, 2.05) is 42.9 Å². The molecule has 0 fully saturated rings. The van der Waals surface area contributed by atoms with E-state index >= 15 is 0 Å². The number of hydrogen-bond donors (Lipinski definition) is 0. The first kappa shape index (κ1) is 21.9. The van der Waals surface area contributed by atoms with Gasteiger partial charge < -0.3 is 9.30 Å². The Hall–Kier alpha value is -3.34. The predicted molar refractivity (Wildman–Crippen MR) is 130 cm³/mol. The summed E-state index contributed by atoms with van der Waals surface area (Å²) in [6, 6.07) is 16.7. The zero-order valence-electron chi connectivity index (χ0n) is 19.8. The van der Waals surface area contributed by atoms with Crippen LogP contribution in [-0.2, 0) is 0 Å². The van der Waals surface area contributed by atoms with Crippen molar-refractivity contribution in [2.75, 3.05) is 0 Å². The van der Waals surface area contributed by atoms with Crippen molar-refractivity contribution in [1.29, 1.82) is 0 Å². The van der Waals surface area contributed by atoms with Crippen LogP contribution in [0.15, 0.2) is 67.3 Å². The second kappa shape index (κ2) is 9.03. The van der Waals surface area contributed by atoms with Crippen LogP contribution in [0.25, 0.3) is 17.2 Å². The fourth-order valence-electron chi connectivity index (χ4n) is 3.89. The minimum Gasteiger partial charge on any atom is -0.437 e. The summed E-state index contributed by atoms with van der Waals surface area (Å²) in [5.41, 5.74) is 4.56. The van der Waals surface area contributed by atoms with Crippen molar-refractivity contribution in [3.05, 3.63) is 78.4 Å². The van der Waals surface area contributed by atoms with E-state index in [4.69, 9.17) is 9.72 Å². The van der Waals surface area contributed by atoms with Crippen LogP contribution in [0, 0.1) is 0 Å². The molecule has 5 heteroatoms. The van der Waals surface area contributed by atoms with E-state index in [9.17, 15) is 0 Å². The van der Waals surface area contributed by atoms with E-state index in [1.165, 1.54) is 16.8 Å². The van der Waals surface area contributed by atoms with Gasteiger partial charge in [0.1, 0.15) is 11.4 Å². The monoisotopic (exact) mass is 428 g/mol. The summed E-state index contributed by atoms with van der Waals surface area (Å²) in [6.07, 6.45) is 5.92. The minimum atomic E-state index is 0.328. The molecular weight excluding hydrogens is 396 g/mol. The molecule has 0 unspecified atom stereocenters. The highest BCUT2D eigenvalue weighted by Crippen LogP contribution is 2.36. The lowest BCUT2D eigenvalue weighted by molar-refractivity contribution is 0.465. The average molecular weight is 429 g/mol. The fraction of sp³-hybridized carbons (Fsp3) is 0.333. The standard InChI is InChI=1S/C27H32N4O/c1-18(2)22-13-10-14-23(19(3)4)26(22)31-16-25(32-21-11-8-7-9-12-21)29-27(31)24-15-30(17-28-24)20(5)6/h7-20H,1-6H3. The van der Waals surface area contributed by atoms with E-state index in [-0.39, 0.29) is 0 Å². The zero-order chi connectivity index (χ0) is 22.8. The first-order valence-corrected chi connectivity index (χ1v) is 11.3. The van der Waals surface area contributed by atoms with Gasteiger partial charge in [0, 0.05) is 12.2 Å². The number of benzene rings is 2. The van der Waals surface area contributed by atoms with Crippen molar-refractivity contribution >= 4 is 0 Å². The number of para-hydroxylation sites is 2. The summed E-state index contributed by atoms with van der Waals surface area (Å²) in [4.78, 5) is 9.58. The van der Waals surface area contributed by atoms with Gasteiger partial charge in [-0.3, -0.25) is 4.57 Å². The van der Waals surface area contributed by atoms with Gasteiger partial charge in [-0.2, -0.15) is 4.98 Å². The SMILES string of the molecule is CC(C)c1cccc(C(C)C)c1-n1cc(Oc2ccccc2)nc1-c1cn(C(C)C)cn1. The highest BCUT2D eigenvalue weighted by atomic mass is 16.5. The number of nitrogens with zero attached hydrogens (tertiary/aromatic N) is 4. The molecule has 2 aromatic carbocycles. The quantitative estimate of drug-likeness (QED) is 0.309. The summed E-state index contributed by atoms with van der Waals surface area (Å²) >= 11 is 0. The topological polar surface area (TPSA) is 44.9 Å². The highest BCUT2D eigenvalue weighted by Gasteiger charge is 2.22. The van der Waals surface area contributed by atoms with Crippen molar-refractivity contribution < 1.29 is 4.74 Å². The van der Waals surface area contributed by atoms with Gasteiger partial charge in [0.25, 0.3) is 0 Å². The molecule has 0 saturated heterocycles. The second-order valence-electron chi connectivity index (χ2n) is 9.08. The summed E-state index contributed by atoms with van der Waals surface area (Å²) in [5, 5.41) is 0. The third kappa shape index (κ3) is 4.33. The molecule has 0 N–H and O–H groups in total. The fourth-order valence-corrected chi connectivity index (χ4v) is 3.89. The van der Waals surface area contributed by atoms with Gasteiger partial charge in [-0.25, -0.2) is 4.98 Å². The molecule has 0 saturated carbocycles. The molecule has 0 bridgehead atoms. The molecule has 0 atom stereocenters. The lowest BCUT2D eigenvalue weighted by Gasteiger charge is -2.21. The van der Waals surface area contributed by atoms with E-state index in [1.54, 1.807) is 0 Å². The van der Waals surface area contributed by atoms with Crippen molar-refractivity contribution in [2.45, 2.75) is 59.4 Å². The molecule has 32 heavy (non-hydrogen) atoms. The molecule has 166 valence electrons. The molecule has 2 aromatic heterocycles. The molecule has 2 heterocycles. The number of ether oxygens (including phenoxy) is 1. The number of imidazole rings is 2. The van der Waals surface area contributed by atoms with Crippen molar-refractivity contribution in [3.8, 4) is 28.8 Å².